The average Bonchev–Trinajstić information content (AvgIpc) is 2.69. The molecule has 1 unspecified atom stereocenters. The number of carbonyl (C=O) groups is 1. The maximum Gasteiger partial charge on any atom is 0.239 e. The second-order valence-electron chi connectivity index (χ2n) is 5.10. The Balaban J connectivity index is 1.83. The molecule has 0 aliphatic carbocycles. The first-order chi connectivity index (χ1) is 8.66. The van der Waals surface area contributed by atoms with Crippen LogP contribution in [0.1, 0.15) is 25.8 Å². The van der Waals surface area contributed by atoms with Crippen molar-refractivity contribution in [2.45, 2.75) is 38.8 Å². The first kappa shape index (κ1) is 13.0. The predicted molar refractivity (Wildman–Crippen MR) is 71.2 cm³/mol. The number of rotatable bonds is 5. The fraction of sp³-hybridized carbons (Fsp3) is 0.571. The molecule has 0 bridgehead atoms. The second-order valence-corrected chi connectivity index (χ2v) is 5.10. The van der Waals surface area contributed by atoms with Crippen LogP contribution in [0.5, 0.6) is 0 Å². The Morgan fingerprint density at radius 3 is 3.06 bits per heavy atom. The first-order valence-corrected chi connectivity index (χ1v) is 6.60. The molecule has 1 fully saturated rings. The van der Waals surface area contributed by atoms with Gasteiger partial charge >= 0.3 is 0 Å². The summed E-state index contributed by atoms with van der Waals surface area (Å²) in [5.74, 6) is 0.243. The number of aromatic nitrogens is 1. The molecule has 1 aromatic heterocycles. The van der Waals surface area contributed by atoms with Crippen LogP contribution in [-0.4, -0.2) is 41.0 Å². The van der Waals surface area contributed by atoms with E-state index >= 15 is 0 Å². The molecule has 1 aromatic rings. The molecule has 98 valence electrons. The topological polar surface area (TPSA) is 45.2 Å². The van der Waals surface area contributed by atoms with Gasteiger partial charge in [-0.3, -0.25) is 9.78 Å². The van der Waals surface area contributed by atoms with Gasteiger partial charge in [0.1, 0.15) is 0 Å². The molecule has 1 aliphatic heterocycles. The zero-order chi connectivity index (χ0) is 13.0. The Morgan fingerprint density at radius 1 is 1.56 bits per heavy atom. The van der Waals surface area contributed by atoms with E-state index in [1.54, 1.807) is 6.20 Å². The van der Waals surface area contributed by atoms with Crippen LogP contribution in [0.15, 0.2) is 24.5 Å². The van der Waals surface area contributed by atoms with Crippen molar-refractivity contribution >= 4 is 5.91 Å². The molecule has 1 aliphatic rings. The van der Waals surface area contributed by atoms with Crippen LogP contribution in [0.3, 0.4) is 0 Å². The van der Waals surface area contributed by atoms with Gasteiger partial charge in [0.15, 0.2) is 0 Å². The standard InChI is InChI=1S/C14H21N3O/c1-11(2)16-13-6-9-17(14(13)18)8-5-12-4-3-7-15-10-12/h3-4,7,10-11,13,16H,5-6,8-9H2,1-2H3. The van der Waals surface area contributed by atoms with E-state index < -0.39 is 0 Å². The second kappa shape index (κ2) is 5.96. The van der Waals surface area contributed by atoms with E-state index in [2.05, 4.69) is 30.2 Å². The molecular weight excluding hydrogens is 226 g/mol. The van der Waals surface area contributed by atoms with E-state index in [1.165, 1.54) is 5.56 Å². The maximum atomic E-state index is 12.1. The molecular formula is C14H21N3O. The summed E-state index contributed by atoms with van der Waals surface area (Å²) in [5, 5.41) is 3.32. The van der Waals surface area contributed by atoms with E-state index in [1.807, 2.05) is 17.2 Å². The van der Waals surface area contributed by atoms with Gasteiger partial charge in [0.05, 0.1) is 6.04 Å². The van der Waals surface area contributed by atoms with Crippen LogP contribution in [0.4, 0.5) is 0 Å². The Hall–Kier alpha value is -1.42. The zero-order valence-electron chi connectivity index (χ0n) is 11.1. The molecule has 0 aromatic carbocycles. The highest BCUT2D eigenvalue weighted by Gasteiger charge is 2.31. The maximum absolute atomic E-state index is 12.1. The summed E-state index contributed by atoms with van der Waals surface area (Å²) in [6, 6.07) is 4.36. The average molecular weight is 247 g/mol. The number of nitrogens with one attached hydrogen (secondary N) is 1. The third-order valence-corrected chi connectivity index (χ3v) is 3.23. The van der Waals surface area contributed by atoms with Gasteiger partial charge < -0.3 is 10.2 Å². The third-order valence-electron chi connectivity index (χ3n) is 3.23. The normalized spacial score (nSPS) is 19.8. The summed E-state index contributed by atoms with van der Waals surface area (Å²) in [4.78, 5) is 18.1. The fourth-order valence-corrected chi connectivity index (χ4v) is 2.33. The minimum absolute atomic E-state index is 0.0129. The highest BCUT2D eigenvalue weighted by atomic mass is 16.2. The summed E-state index contributed by atoms with van der Waals surface area (Å²) in [6.07, 6.45) is 5.44. The number of carbonyl (C=O) groups excluding carboxylic acids is 1. The zero-order valence-corrected chi connectivity index (χ0v) is 11.1. The molecule has 1 atom stereocenters. The lowest BCUT2D eigenvalue weighted by Gasteiger charge is -2.18. The van der Waals surface area contributed by atoms with Crippen molar-refractivity contribution in [3.8, 4) is 0 Å². The van der Waals surface area contributed by atoms with Gasteiger partial charge in [-0.15, -0.1) is 0 Å². The summed E-state index contributed by atoms with van der Waals surface area (Å²) in [6.45, 7) is 5.81. The Labute approximate surface area is 108 Å². The molecule has 2 heterocycles. The van der Waals surface area contributed by atoms with Gasteiger partial charge in [-0.25, -0.2) is 0 Å². The van der Waals surface area contributed by atoms with Gasteiger partial charge in [0.25, 0.3) is 0 Å². The van der Waals surface area contributed by atoms with Crippen LogP contribution < -0.4 is 5.32 Å². The smallest absolute Gasteiger partial charge is 0.239 e. The molecule has 4 nitrogen and oxygen atoms in total. The van der Waals surface area contributed by atoms with Crippen molar-refractivity contribution in [3.63, 3.8) is 0 Å². The monoisotopic (exact) mass is 247 g/mol. The molecule has 0 spiro atoms. The SMILES string of the molecule is CC(C)NC1CCN(CCc2cccnc2)C1=O. The number of hydrogen-bond donors (Lipinski definition) is 1. The summed E-state index contributed by atoms with van der Waals surface area (Å²) in [5.41, 5.74) is 1.19. The molecule has 1 saturated heterocycles. The quantitative estimate of drug-likeness (QED) is 0.851. The first-order valence-electron chi connectivity index (χ1n) is 6.60. The molecule has 1 N–H and O–H groups in total. The molecule has 18 heavy (non-hydrogen) atoms. The highest BCUT2D eigenvalue weighted by Crippen LogP contribution is 2.12. The lowest BCUT2D eigenvalue weighted by molar-refractivity contribution is -0.129. The highest BCUT2D eigenvalue weighted by molar-refractivity contribution is 5.84. The number of pyridine rings is 1. The van der Waals surface area contributed by atoms with Crippen molar-refractivity contribution in [1.29, 1.82) is 0 Å². The van der Waals surface area contributed by atoms with Crippen molar-refractivity contribution in [2.75, 3.05) is 13.1 Å². The number of likely N-dealkylation sites (tertiary alicyclic amines) is 1. The summed E-state index contributed by atoms with van der Waals surface area (Å²) >= 11 is 0. The van der Waals surface area contributed by atoms with Crippen molar-refractivity contribution in [2.24, 2.45) is 0 Å². The molecule has 4 heteroatoms. The number of hydrogen-bond acceptors (Lipinski definition) is 3. The van der Waals surface area contributed by atoms with Crippen LogP contribution in [0, 0.1) is 0 Å². The molecule has 2 rings (SSSR count). The largest absolute Gasteiger partial charge is 0.341 e. The Kier molecular flexibility index (Phi) is 4.31. The van der Waals surface area contributed by atoms with Gasteiger partial charge in [0.2, 0.25) is 5.91 Å². The number of amides is 1. The van der Waals surface area contributed by atoms with E-state index in [0.717, 1.165) is 25.9 Å². The van der Waals surface area contributed by atoms with Crippen molar-refractivity contribution < 1.29 is 4.79 Å². The minimum atomic E-state index is 0.0129. The third kappa shape index (κ3) is 3.29. The van der Waals surface area contributed by atoms with E-state index in [9.17, 15) is 4.79 Å². The number of nitrogens with zero attached hydrogens (tertiary/aromatic N) is 2. The van der Waals surface area contributed by atoms with Gasteiger partial charge in [0, 0.05) is 31.5 Å². The van der Waals surface area contributed by atoms with Gasteiger partial charge in [-0.2, -0.15) is 0 Å². The van der Waals surface area contributed by atoms with Gasteiger partial charge in [-0.05, 0) is 24.5 Å². The van der Waals surface area contributed by atoms with Gasteiger partial charge in [-0.1, -0.05) is 19.9 Å². The van der Waals surface area contributed by atoms with Crippen molar-refractivity contribution in [3.05, 3.63) is 30.1 Å². The lowest BCUT2D eigenvalue weighted by atomic mass is 10.2. The predicted octanol–water partition coefficient (Wildman–Crippen LogP) is 1.22. The molecule has 1 amide bonds. The Bertz CT molecular complexity index is 391. The fourth-order valence-electron chi connectivity index (χ4n) is 2.33. The molecule has 0 saturated carbocycles. The van der Waals surface area contributed by atoms with Crippen molar-refractivity contribution in [1.82, 2.24) is 15.2 Å². The molecule has 0 radical (unpaired) electrons. The van der Waals surface area contributed by atoms with E-state index in [4.69, 9.17) is 0 Å². The van der Waals surface area contributed by atoms with E-state index in [0.29, 0.717) is 6.04 Å². The Morgan fingerprint density at radius 2 is 2.39 bits per heavy atom. The van der Waals surface area contributed by atoms with Crippen LogP contribution in [0.25, 0.3) is 0 Å². The van der Waals surface area contributed by atoms with Crippen LogP contribution in [0.2, 0.25) is 0 Å². The lowest BCUT2D eigenvalue weighted by Crippen LogP contribution is -2.41. The summed E-state index contributed by atoms with van der Waals surface area (Å²) in [7, 11) is 0. The van der Waals surface area contributed by atoms with Crippen LogP contribution >= 0.6 is 0 Å². The summed E-state index contributed by atoms with van der Waals surface area (Å²) < 4.78 is 0. The van der Waals surface area contributed by atoms with E-state index in [-0.39, 0.29) is 11.9 Å². The van der Waals surface area contributed by atoms with Crippen LogP contribution in [-0.2, 0) is 11.2 Å². The minimum Gasteiger partial charge on any atom is -0.341 e.